The van der Waals surface area contributed by atoms with E-state index >= 15 is 0 Å². The first-order chi connectivity index (χ1) is 12.8. The lowest BCUT2D eigenvalue weighted by Gasteiger charge is -2.20. The summed E-state index contributed by atoms with van der Waals surface area (Å²) in [6.45, 7) is 11.1. The van der Waals surface area contributed by atoms with Crippen LogP contribution in [0.25, 0.3) is 5.69 Å². The van der Waals surface area contributed by atoms with Gasteiger partial charge in [-0.1, -0.05) is 17.7 Å². The lowest BCUT2D eigenvalue weighted by atomic mass is 10.1. The van der Waals surface area contributed by atoms with Crippen LogP contribution in [0.15, 0.2) is 29.4 Å². The first-order valence-electron chi connectivity index (χ1n) is 9.15. The van der Waals surface area contributed by atoms with Gasteiger partial charge in [-0.25, -0.2) is 5.43 Å². The monoisotopic (exact) mass is 369 g/mol. The highest BCUT2D eigenvalue weighted by Gasteiger charge is 2.33. The number of aromatic nitrogens is 1. The van der Waals surface area contributed by atoms with Crippen LogP contribution >= 0.6 is 0 Å². The van der Waals surface area contributed by atoms with Gasteiger partial charge in [-0.15, -0.1) is 0 Å². The van der Waals surface area contributed by atoms with E-state index in [1.54, 1.807) is 13.1 Å². The molecule has 144 valence electrons. The van der Waals surface area contributed by atoms with Crippen LogP contribution in [0.3, 0.4) is 0 Å². The van der Waals surface area contributed by atoms with E-state index in [0.717, 1.165) is 22.6 Å². The molecule has 2 aromatic rings. The molecular formula is C21H27N3O3. The summed E-state index contributed by atoms with van der Waals surface area (Å²) in [7, 11) is 0. The Kier molecular flexibility index (Phi) is 5.48. The summed E-state index contributed by atoms with van der Waals surface area (Å²) in [5.74, 6) is -1.09. The first kappa shape index (κ1) is 19.3. The van der Waals surface area contributed by atoms with Crippen LogP contribution in [0.1, 0.15) is 41.4 Å². The number of nitrogens with zero attached hydrogens (tertiary/aromatic N) is 2. The third kappa shape index (κ3) is 4.28. The van der Waals surface area contributed by atoms with Crippen LogP contribution in [0.5, 0.6) is 0 Å². The Morgan fingerprint density at radius 3 is 2.59 bits per heavy atom. The molecule has 0 atom stereocenters. The molecule has 0 bridgehead atoms. The zero-order valence-corrected chi connectivity index (χ0v) is 16.6. The molecule has 1 fully saturated rings. The maximum atomic E-state index is 12.1. The molecule has 1 aliphatic rings. The molecule has 0 saturated carbocycles. The third-order valence-electron chi connectivity index (χ3n) is 4.84. The molecule has 0 radical (unpaired) electrons. The van der Waals surface area contributed by atoms with Gasteiger partial charge in [0.05, 0.1) is 25.8 Å². The van der Waals surface area contributed by atoms with E-state index < -0.39 is 5.79 Å². The second-order valence-electron chi connectivity index (χ2n) is 7.25. The van der Waals surface area contributed by atoms with Crippen molar-refractivity contribution in [1.82, 2.24) is 9.99 Å². The molecule has 1 amide bonds. The number of benzene rings is 1. The Balaban J connectivity index is 1.72. The second kappa shape index (κ2) is 7.66. The fourth-order valence-electron chi connectivity index (χ4n) is 3.51. The van der Waals surface area contributed by atoms with E-state index in [1.165, 1.54) is 11.1 Å². The Morgan fingerprint density at radius 2 is 1.93 bits per heavy atom. The lowest BCUT2D eigenvalue weighted by molar-refractivity contribution is -0.159. The van der Waals surface area contributed by atoms with Gasteiger partial charge in [-0.3, -0.25) is 4.79 Å². The van der Waals surface area contributed by atoms with E-state index in [2.05, 4.69) is 67.1 Å². The van der Waals surface area contributed by atoms with E-state index in [0.29, 0.717) is 13.2 Å². The molecule has 0 spiro atoms. The fourth-order valence-corrected chi connectivity index (χ4v) is 3.51. The SMILES string of the molecule is Cc1ccc(-n2c(C)cc(C=NNC(=O)CC3(C)OCCO3)c2C)c(C)c1. The number of aryl methyl sites for hydroxylation is 3. The van der Waals surface area contributed by atoms with Crippen LogP contribution in [-0.4, -0.2) is 35.7 Å². The maximum Gasteiger partial charge on any atom is 0.245 e. The summed E-state index contributed by atoms with van der Waals surface area (Å²) >= 11 is 0. The summed E-state index contributed by atoms with van der Waals surface area (Å²) < 4.78 is 13.1. The first-order valence-corrected chi connectivity index (χ1v) is 9.15. The molecular weight excluding hydrogens is 342 g/mol. The van der Waals surface area contributed by atoms with E-state index in [9.17, 15) is 4.79 Å². The Bertz CT molecular complexity index is 877. The van der Waals surface area contributed by atoms with Crippen molar-refractivity contribution >= 4 is 12.1 Å². The molecule has 0 aliphatic carbocycles. The van der Waals surface area contributed by atoms with Crippen molar-refractivity contribution in [2.24, 2.45) is 5.10 Å². The van der Waals surface area contributed by atoms with Crippen LogP contribution in [0.2, 0.25) is 0 Å². The number of carbonyl (C=O) groups is 1. The standard InChI is InChI=1S/C21H27N3O3/c1-14-6-7-19(15(2)10-14)24-16(3)11-18(17(24)4)13-22-23-20(25)12-21(5)26-8-9-27-21/h6-7,10-11,13H,8-9,12H2,1-5H3,(H,23,25). The number of nitrogens with one attached hydrogen (secondary N) is 1. The van der Waals surface area contributed by atoms with Gasteiger partial charge in [-0.05, 0) is 52.3 Å². The van der Waals surface area contributed by atoms with Crippen molar-refractivity contribution in [3.05, 3.63) is 52.3 Å². The molecule has 3 rings (SSSR count). The van der Waals surface area contributed by atoms with E-state index in [1.807, 2.05) is 0 Å². The highest BCUT2D eigenvalue weighted by Crippen LogP contribution is 2.24. The van der Waals surface area contributed by atoms with Crippen molar-refractivity contribution < 1.29 is 14.3 Å². The van der Waals surface area contributed by atoms with E-state index in [-0.39, 0.29) is 12.3 Å². The number of hydrazone groups is 1. The molecule has 6 nitrogen and oxygen atoms in total. The van der Waals surface area contributed by atoms with Gasteiger partial charge < -0.3 is 14.0 Å². The molecule has 1 N–H and O–H groups in total. The smallest absolute Gasteiger partial charge is 0.245 e. The average Bonchev–Trinajstić information content (AvgIpc) is 3.12. The van der Waals surface area contributed by atoms with Crippen molar-refractivity contribution in [3.63, 3.8) is 0 Å². The van der Waals surface area contributed by atoms with Crippen LogP contribution in [0.4, 0.5) is 0 Å². The van der Waals surface area contributed by atoms with Crippen LogP contribution in [0, 0.1) is 27.7 Å². The molecule has 1 aromatic carbocycles. The van der Waals surface area contributed by atoms with Gasteiger partial charge in [0.1, 0.15) is 0 Å². The number of carbonyl (C=O) groups excluding carboxylic acids is 1. The van der Waals surface area contributed by atoms with Crippen LogP contribution in [-0.2, 0) is 14.3 Å². The molecule has 1 saturated heterocycles. The summed E-state index contributed by atoms with van der Waals surface area (Å²) in [5.41, 5.74) is 9.34. The predicted octanol–water partition coefficient (Wildman–Crippen LogP) is 3.31. The maximum absolute atomic E-state index is 12.1. The summed E-state index contributed by atoms with van der Waals surface area (Å²) in [5, 5.41) is 4.11. The molecule has 1 aliphatic heterocycles. The van der Waals surface area contributed by atoms with Crippen molar-refractivity contribution in [1.29, 1.82) is 0 Å². The number of rotatable bonds is 5. The van der Waals surface area contributed by atoms with Gasteiger partial charge in [-0.2, -0.15) is 5.10 Å². The number of hydrogen-bond donors (Lipinski definition) is 1. The molecule has 27 heavy (non-hydrogen) atoms. The van der Waals surface area contributed by atoms with Gasteiger partial charge in [0.25, 0.3) is 0 Å². The minimum absolute atomic E-state index is 0.117. The summed E-state index contributed by atoms with van der Waals surface area (Å²) in [4.78, 5) is 12.1. The quantitative estimate of drug-likeness (QED) is 0.650. The fraction of sp³-hybridized carbons (Fsp3) is 0.429. The Labute approximate surface area is 160 Å². The third-order valence-corrected chi connectivity index (χ3v) is 4.84. The normalized spacial score (nSPS) is 16.2. The number of amides is 1. The topological polar surface area (TPSA) is 64.9 Å². The molecule has 0 unspecified atom stereocenters. The summed E-state index contributed by atoms with van der Waals surface area (Å²) in [6, 6.07) is 8.49. The van der Waals surface area contributed by atoms with Gasteiger partial charge in [0.15, 0.2) is 5.79 Å². The zero-order chi connectivity index (χ0) is 19.6. The molecule has 2 heterocycles. The van der Waals surface area contributed by atoms with E-state index in [4.69, 9.17) is 9.47 Å². The molecule has 1 aromatic heterocycles. The predicted molar refractivity (Wildman–Crippen MR) is 105 cm³/mol. The van der Waals surface area contributed by atoms with Crippen LogP contribution < -0.4 is 5.43 Å². The lowest BCUT2D eigenvalue weighted by Crippen LogP contribution is -2.33. The van der Waals surface area contributed by atoms with Crippen molar-refractivity contribution in [2.45, 2.75) is 46.8 Å². The average molecular weight is 369 g/mol. The Hall–Kier alpha value is -2.44. The van der Waals surface area contributed by atoms with Gasteiger partial charge in [0, 0.05) is 22.6 Å². The zero-order valence-electron chi connectivity index (χ0n) is 16.6. The second-order valence-corrected chi connectivity index (χ2v) is 7.25. The van der Waals surface area contributed by atoms with Gasteiger partial charge in [0.2, 0.25) is 5.91 Å². The molecule has 6 heteroatoms. The minimum atomic E-state index is -0.849. The largest absolute Gasteiger partial charge is 0.347 e. The minimum Gasteiger partial charge on any atom is -0.347 e. The van der Waals surface area contributed by atoms with Gasteiger partial charge >= 0.3 is 0 Å². The van der Waals surface area contributed by atoms with Crippen molar-refractivity contribution in [3.8, 4) is 5.69 Å². The highest BCUT2D eigenvalue weighted by atomic mass is 16.7. The summed E-state index contributed by atoms with van der Waals surface area (Å²) in [6.07, 6.45) is 1.80. The highest BCUT2D eigenvalue weighted by molar-refractivity contribution is 5.84. The van der Waals surface area contributed by atoms with Crippen molar-refractivity contribution in [2.75, 3.05) is 13.2 Å². The number of ether oxygens (including phenoxy) is 2. The number of hydrogen-bond acceptors (Lipinski definition) is 4. The Morgan fingerprint density at radius 1 is 1.22 bits per heavy atom.